The molecule has 0 unspecified atom stereocenters. The number of ether oxygens (including phenoxy) is 1. The van der Waals surface area contributed by atoms with Crippen molar-refractivity contribution >= 4 is 22.6 Å². The van der Waals surface area contributed by atoms with Crippen LogP contribution in [0.15, 0.2) is 15.3 Å². The molecule has 2 saturated heterocycles. The van der Waals surface area contributed by atoms with E-state index in [0.717, 1.165) is 48.9 Å². The second-order valence-corrected chi connectivity index (χ2v) is 10.4. The number of nitrogens with zero attached hydrogens (tertiary/aromatic N) is 2. The van der Waals surface area contributed by atoms with Crippen LogP contribution < -0.4 is 5.63 Å². The van der Waals surface area contributed by atoms with E-state index in [1.54, 1.807) is 13.2 Å². The Hall–Kier alpha value is -1.60. The summed E-state index contributed by atoms with van der Waals surface area (Å²) >= 11 is 6.49. The van der Waals surface area contributed by atoms with Gasteiger partial charge in [0, 0.05) is 43.7 Å². The van der Waals surface area contributed by atoms with Crippen molar-refractivity contribution in [1.29, 1.82) is 0 Å². The molecule has 7 heteroatoms. The van der Waals surface area contributed by atoms with E-state index in [0.29, 0.717) is 41.3 Å². The van der Waals surface area contributed by atoms with Gasteiger partial charge in [-0.05, 0) is 75.6 Å². The second kappa shape index (κ2) is 9.95. The molecule has 2 aromatic rings. The summed E-state index contributed by atoms with van der Waals surface area (Å²) in [6.07, 6.45) is 8.92. The van der Waals surface area contributed by atoms with Gasteiger partial charge < -0.3 is 19.2 Å². The van der Waals surface area contributed by atoms with Crippen LogP contribution in [-0.2, 0) is 24.1 Å². The van der Waals surface area contributed by atoms with Crippen LogP contribution >= 0.6 is 11.6 Å². The number of fused-ring (bicyclic) bond motifs is 4. The summed E-state index contributed by atoms with van der Waals surface area (Å²) < 4.78 is 11.2. The molecule has 1 N–H and O–H groups in total. The summed E-state index contributed by atoms with van der Waals surface area (Å²) in [4.78, 5) is 17.7. The Bertz CT molecular complexity index is 1070. The minimum Gasteiger partial charge on any atom is -0.506 e. The Morgan fingerprint density at radius 2 is 2.00 bits per heavy atom. The van der Waals surface area contributed by atoms with Gasteiger partial charge in [0.2, 0.25) is 0 Å². The zero-order valence-corrected chi connectivity index (χ0v) is 20.3. The number of halogens is 1. The number of aryl methyl sites for hydroxylation is 1. The lowest BCUT2D eigenvalue weighted by Gasteiger charge is -2.45. The average molecular weight is 475 g/mol. The third kappa shape index (κ3) is 4.55. The Morgan fingerprint density at radius 1 is 1.18 bits per heavy atom. The number of methoxy groups -OCH3 is 1. The van der Waals surface area contributed by atoms with Crippen molar-refractivity contribution in [1.82, 2.24) is 9.80 Å². The number of benzene rings is 1. The fourth-order valence-electron chi connectivity index (χ4n) is 6.38. The maximum atomic E-state index is 12.7. The highest BCUT2D eigenvalue weighted by atomic mass is 35.5. The van der Waals surface area contributed by atoms with E-state index in [-0.39, 0.29) is 11.4 Å². The van der Waals surface area contributed by atoms with Gasteiger partial charge in [-0.15, -0.1) is 0 Å². The van der Waals surface area contributed by atoms with E-state index < -0.39 is 0 Å². The van der Waals surface area contributed by atoms with Crippen molar-refractivity contribution in [3.8, 4) is 5.75 Å². The molecule has 6 nitrogen and oxygen atoms in total. The fourth-order valence-corrected chi connectivity index (χ4v) is 6.61. The quantitative estimate of drug-likeness (QED) is 0.602. The number of phenolic OH excluding ortho intramolecular Hbond substituents is 1. The first kappa shape index (κ1) is 23.2. The lowest BCUT2D eigenvalue weighted by molar-refractivity contribution is 0.0335. The van der Waals surface area contributed by atoms with Gasteiger partial charge in [-0.2, -0.15) is 0 Å². The molecule has 0 bridgehead atoms. The monoisotopic (exact) mass is 474 g/mol. The van der Waals surface area contributed by atoms with Crippen LogP contribution in [0.25, 0.3) is 11.0 Å². The van der Waals surface area contributed by atoms with Crippen molar-refractivity contribution in [2.45, 2.75) is 64.0 Å². The van der Waals surface area contributed by atoms with Gasteiger partial charge in [-0.3, -0.25) is 4.90 Å². The van der Waals surface area contributed by atoms with Crippen LogP contribution in [0.3, 0.4) is 0 Å². The maximum Gasteiger partial charge on any atom is 0.339 e. The number of rotatable bonds is 7. The molecule has 0 radical (unpaired) electrons. The minimum atomic E-state index is -0.272. The van der Waals surface area contributed by atoms with Gasteiger partial charge in [0.1, 0.15) is 11.3 Å². The van der Waals surface area contributed by atoms with Crippen LogP contribution in [-0.4, -0.2) is 60.8 Å². The molecule has 5 rings (SSSR count). The Labute approximate surface area is 200 Å². The van der Waals surface area contributed by atoms with Crippen LogP contribution in [0.4, 0.5) is 0 Å². The van der Waals surface area contributed by atoms with Crippen LogP contribution in [0.1, 0.15) is 55.2 Å². The van der Waals surface area contributed by atoms with Crippen molar-refractivity contribution < 1.29 is 14.3 Å². The standard InChI is InChI=1S/C26H35ClN2O4/c1-32-13-12-28(15-17-6-5-11-29-10-3-2-9-23(17)29)16-21-24(30)22(27)14-20-18-7-4-8-19(18)26(31)33-25(20)21/h14,17,23,30H,2-13,15-16H2,1H3/t17-,23+/m0/s1. The topological polar surface area (TPSA) is 66.2 Å². The van der Waals surface area contributed by atoms with Gasteiger partial charge in [0.05, 0.1) is 17.2 Å². The summed E-state index contributed by atoms with van der Waals surface area (Å²) in [6.45, 7) is 5.22. The smallest absolute Gasteiger partial charge is 0.339 e. The molecule has 1 aliphatic carbocycles. The van der Waals surface area contributed by atoms with Crippen molar-refractivity contribution in [3.05, 3.63) is 38.2 Å². The highest BCUT2D eigenvalue weighted by molar-refractivity contribution is 6.33. The van der Waals surface area contributed by atoms with Crippen molar-refractivity contribution in [2.75, 3.05) is 39.9 Å². The first-order valence-corrected chi connectivity index (χ1v) is 12.9. The van der Waals surface area contributed by atoms with E-state index >= 15 is 0 Å². The highest BCUT2D eigenvalue weighted by Gasteiger charge is 2.34. The lowest BCUT2D eigenvalue weighted by atomic mass is 9.83. The number of hydrogen-bond donors (Lipinski definition) is 1. The fraction of sp³-hybridized carbons (Fsp3) is 0.654. The molecule has 180 valence electrons. The number of aromatic hydroxyl groups is 1. The zero-order chi connectivity index (χ0) is 22.9. The van der Waals surface area contributed by atoms with E-state index in [1.165, 1.54) is 45.2 Å². The van der Waals surface area contributed by atoms with E-state index in [1.807, 2.05) is 0 Å². The molecule has 33 heavy (non-hydrogen) atoms. The predicted molar refractivity (Wildman–Crippen MR) is 130 cm³/mol. The van der Waals surface area contributed by atoms with E-state index in [9.17, 15) is 9.90 Å². The SMILES string of the molecule is COCCN(Cc1c(O)c(Cl)cc2c3c(c(=O)oc12)CCC3)C[C@@H]1CCCN2CCCC[C@H]12. The van der Waals surface area contributed by atoms with Gasteiger partial charge >= 0.3 is 5.63 Å². The van der Waals surface area contributed by atoms with Crippen LogP contribution in [0.5, 0.6) is 5.75 Å². The normalized spacial score (nSPS) is 23.2. The molecular weight excluding hydrogens is 440 g/mol. The van der Waals surface area contributed by atoms with Gasteiger partial charge in [-0.1, -0.05) is 18.0 Å². The summed E-state index contributed by atoms with van der Waals surface area (Å²) in [5, 5.41) is 12.1. The first-order chi connectivity index (χ1) is 16.1. The van der Waals surface area contributed by atoms with Crippen LogP contribution in [0, 0.1) is 5.92 Å². The summed E-state index contributed by atoms with van der Waals surface area (Å²) in [5.41, 5.74) is 2.65. The van der Waals surface area contributed by atoms with E-state index in [2.05, 4.69) is 9.80 Å². The molecule has 3 aliphatic rings. The van der Waals surface area contributed by atoms with Gasteiger partial charge in [0.25, 0.3) is 0 Å². The largest absolute Gasteiger partial charge is 0.506 e. The molecule has 3 heterocycles. The molecular formula is C26H35ClN2O4. The highest BCUT2D eigenvalue weighted by Crippen LogP contribution is 2.39. The zero-order valence-electron chi connectivity index (χ0n) is 19.6. The Kier molecular flexibility index (Phi) is 6.98. The molecule has 0 amide bonds. The molecule has 0 saturated carbocycles. The minimum absolute atomic E-state index is 0.0237. The molecule has 0 spiro atoms. The Balaban J connectivity index is 1.48. The summed E-state index contributed by atoms with van der Waals surface area (Å²) in [6, 6.07) is 2.41. The molecule has 2 atom stereocenters. The Morgan fingerprint density at radius 3 is 2.85 bits per heavy atom. The molecule has 1 aromatic carbocycles. The average Bonchev–Trinajstić information content (AvgIpc) is 3.32. The van der Waals surface area contributed by atoms with Crippen molar-refractivity contribution in [2.24, 2.45) is 5.92 Å². The van der Waals surface area contributed by atoms with Gasteiger partial charge in [-0.25, -0.2) is 4.79 Å². The number of piperidine rings is 2. The number of hydrogen-bond acceptors (Lipinski definition) is 6. The third-order valence-electron chi connectivity index (χ3n) is 8.00. The predicted octanol–water partition coefficient (Wildman–Crippen LogP) is 4.35. The second-order valence-electron chi connectivity index (χ2n) is 9.99. The van der Waals surface area contributed by atoms with Gasteiger partial charge in [0.15, 0.2) is 0 Å². The van der Waals surface area contributed by atoms with Crippen molar-refractivity contribution in [3.63, 3.8) is 0 Å². The lowest BCUT2D eigenvalue weighted by Crippen LogP contribution is -2.51. The van der Waals surface area contributed by atoms with E-state index in [4.69, 9.17) is 20.8 Å². The first-order valence-electron chi connectivity index (χ1n) is 12.5. The molecule has 2 aliphatic heterocycles. The number of phenols is 1. The summed E-state index contributed by atoms with van der Waals surface area (Å²) in [7, 11) is 1.72. The maximum absolute atomic E-state index is 12.7. The third-order valence-corrected chi connectivity index (χ3v) is 8.29. The van der Waals surface area contributed by atoms with Crippen LogP contribution in [0.2, 0.25) is 5.02 Å². The molecule has 1 aromatic heterocycles. The summed E-state index contributed by atoms with van der Waals surface area (Å²) in [5.74, 6) is 0.621. The molecule has 2 fully saturated rings.